The van der Waals surface area contributed by atoms with Gasteiger partial charge < -0.3 is 15.8 Å². The average Bonchev–Trinajstić information content (AvgIpc) is 3.43. The lowest BCUT2D eigenvalue weighted by Gasteiger charge is -2.21. The van der Waals surface area contributed by atoms with Crippen molar-refractivity contribution in [3.8, 4) is 33.1 Å². The molecule has 41 heavy (non-hydrogen) atoms. The van der Waals surface area contributed by atoms with E-state index in [0.29, 0.717) is 34.1 Å². The highest BCUT2D eigenvalue weighted by atomic mass is 32.1. The quantitative estimate of drug-likeness (QED) is 0.261. The lowest BCUT2D eigenvalue weighted by atomic mass is 10.0. The zero-order chi connectivity index (χ0) is 28.5. The second-order valence-electron chi connectivity index (χ2n) is 9.33. The molecular weight excluding hydrogens is 536 g/mol. The predicted molar refractivity (Wildman–Crippen MR) is 161 cm³/mol. The van der Waals surface area contributed by atoms with Gasteiger partial charge in [0.1, 0.15) is 11.6 Å². The summed E-state index contributed by atoms with van der Waals surface area (Å²) in [5.41, 5.74) is 9.35. The molecule has 10 nitrogen and oxygen atoms in total. The number of nitrogens with one attached hydrogen (secondary N) is 1. The number of benzene rings is 2. The van der Waals surface area contributed by atoms with Crippen LogP contribution in [0.15, 0.2) is 84.0 Å². The SMILES string of the molecule is COc1cc(-c2cccc3nc(C(C)Nc4nc(N)ncc4-c4cnc(C)s4)n(-c4ccccc4)c(=O)c23)ccn1. The normalized spacial score (nSPS) is 11.9. The van der Waals surface area contributed by atoms with E-state index in [0.717, 1.165) is 26.6 Å². The third kappa shape index (κ3) is 4.98. The van der Waals surface area contributed by atoms with Crippen molar-refractivity contribution in [1.82, 2.24) is 29.5 Å². The molecule has 11 heteroatoms. The van der Waals surface area contributed by atoms with Crippen molar-refractivity contribution < 1.29 is 4.74 Å². The van der Waals surface area contributed by atoms with Crippen LogP contribution in [0.3, 0.4) is 0 Å². The molecule has 0 radical (unpaired) electrons. The van der Waals surface area contributed by atoms with E-state index in [-0.39, 0.29) is 11.5 Å². The molecule has 0 amide bonds. The first kappa shape index (κ1) is 26.1. The molecule has 0 bridgehead atoms. The highest BCUT2D eigenvalue weighted by Crippen LogP contribution is 2.34. The molecule has 2 aromatic carbocycles. The lowest BCUT2D eigenvalue weighted by molar-refractivity contribution is 0.398. The Hall–Kier alpha value is -5.16. The van der Waals surface area contributed by atoms with Crippen molar-refractivity contribution in [2.75, 3.05) is 18.2 Å². The largest absolute Gasteiger partial charge is 0.481 e. The number of rotatable bonds is 7. The van der Waals surface area contributed by atoms with Gasteiger partial charge in [-0.3, -0.25) is 9.36 Å². The number of fused-ring (bicyclic) bond motifs is 1. The van der Waals surface area contributed by atoms with Gasteiger partial charge in [0, 0.05) is 24.7 Å². The van der Waals surface area contributed by atoms with Gasteiger partial charge in [0.2, 0.25) is 11.8 Å². The van der Waals surface area contributed by atoms with E-state index in [4.69, 9.17) is 15.5 Å². The fourth-order valence-corrected chi connectivity index (χ4v) is 5.52. The molecule has 3 N–H and O–H groups in total. The Morgan fingerprint density at radius 3 is 2.56 bits per heavy atom. The molecule has 6 aromatic rings. The number of pyridine rings is 1. The molecule has 0 spiro atoms. The summed E-state index contributed by atoms with van der Waals surface area (Å²) in [6.45, 7) is 3.88. The van der Waals surface area contributed by atoms with Crippen molar-refractivity contribution in [3.05, 3.63) is 100 Å². The average molecular weight is 563 g/mol. The summed E-state index contributed by atoms with van der Waals surface area (Å²) >= 11 is 1.53. The maximum atomic E-state index is 14.4. The Labute approximate surface area is 239 Å². The van der Waals surface area contributed by atoms with Crippen LogP contribution in [0.25, 0.3) is 38.2 Å². The topological polar surface area (TPSA) is 134 Å². The molecule has 4 heterocycles. The van der Waals surface area contributed by atoms with E-state index in [1.807, 2.05) is 68.4 Å². The molecular formula is C30H26N8O2S. The molecule has 204 valence electrons. The molecule has 1 atom stereocenters. The van der Waals surface area contributed by atoms with Crippen molar-refractivity contribution in [1.29, 1.82) is 0 Å². The summed E-state index contributed by atoms with van der Waals surface area (Å²) in [7, 11) is 1.56. The summed E-state index contributed by atoms with van der Waals surface area (Å²) < 4.78 is 6.97. The fourth-order valence-electron chi connectivity index (χ4n) is 4.73. The van der Waals surface area contributed by atoms with Crippen LogP contribution in [0.1, 0.15) is 23.8 Å². The maximum Gasteiger partial charge on any atom is 0.266 e. The lowest BCUT2D eigenvalue weighted by Crippen LogP contribution is -2.28. The van der Waals surface area contributed by atoms with Crippen LogP contribution in [0.5, 0.6) is 5.88 Å². The third-order valence-corrected chi connectivity index (χ3v) is 7.57. The second-order valence-corrected chi connectivity index (χ2v) is 10.6. The number of methoxy groups -OCH3 is 1. The molecule has 6 rings (SSSR count). The van der Waals surface area contributed by atoms with Crippen molar-refractivity contribution in [3.63, 3.8) is 0 Å². The minimum atomic E-state index is -0.445. The van der Waals surface area contributed by atoms with Gasteiger partial charge in [0.05, 0.1) is 45.2 Å². The molecule has 1 unspecified atom stereocenters. The number of thiazole rings is 1. The predicted octanol–water partition coefficient (Wildman–Crippen LogP) is 5.43. The van der Waals surface area contributed by atoms with Gasteiger partial charge in [0.15, 0.2) is 0 Å². The van der Waals surface area contributed by atoms with Crippen LogP contribution in [0, 0.1) is 6.92 Å². The molecule has 0 aliphatic heterocycles. The van der Waals surface area contributed by atoms with E-state index in [2.05, 4.69) is 25.3 Å². The van der Waals surface area contributed by atoms with Crippen molar-refractivity contribution >= 4 is 34.0 Å². The summed E-state index contributed by atoms with van der Waals surface area (Å²) in [6, 6.07) is 18.3. The molecule has 0 saturated carbocycles. The van der Waals surface area contributed by atoms with E-state index >= 15 is 0 Å². The first-order chi connectivity index (χ1) is 19.9. The van der Waals surface area contributed by atoms with Crippen molar-refractivity contribution in [2.24, 2.45) is 0 Å². The Morgan fingerprint density at radius 1 is 0.976 bits per heavy atom. The zero-order valence-corrected chi connectivity index (χ0v) is 23.4. The highest BCUT2D eigenvalue weighted by molar-refractivity contribution is 7.15. The summed E-state index contributed by atoms with van der Waals surface area (Å²) in [6.07, 6.45) is 5.12. The van der Waals surface area contributed by atoms with E-state index in [1.54, 1.807) is 36.3 Å². The van der Waals surface area contributed by atoms with Gasteiger partial charge in [-0.25, -0.2) is 19.9 Å². The minimum Gasteiger partial charge on any atom is -0.481 e. The van der Waals surface area contributed by atoms with Crippen LogP contribution in [0.4, 0.5) is 11.8 Å². The number of ether oxygens (including phenoxy) is 1. The molecule has 0 fully saturated rings. The van der Waals surface area contributed by atoms with Crippen LogP contribution in [-0.4, -0.2) is 36.6 Å². The maximum absolute atomic E-state index is 14.4. The van der Waals surface area contributed by atoms with E-state index in [1.165, 1.54) is 11.3 Å². The number of nitrogens with zero attached hydrogens (tertiary/aromatic N) is 6. The smallest absolute Gasteiger partial charge is 0.266 e. The van der Waals surface area contributed by atoms with Crippen molar-refractivity contribution in [2.45, 2.75) is 19.9 Å². The third-order valence-electron chi connectivity index (χ3n) is 6.63. The number of aromatic nitrogens is 6. The number of para-hydroxylation sites is 1. The summed E-state index contributed by atoms with van der Waals surface area (Å²) in [5, 5.41) is 4.86. The van der Waals surface area contributed by atoms with E-state index < -0.39 is 6.04 Å². The summed E-state index contributed by atoms with van der Waals surface area (Å²) in [5.74, 6) is 1.64. The summed E-state index contributed by atoms with van der Waals surface area (Å²) in [4.78, 5) is 37.6. The monoisotopic (exact) mass is 562 g/mol. The van der Waals surface area contributed by atoms with Gasteiger partial charge in [-0.15, -0.1) is 11.3 Å². The Balaban J connectivity index is 1.54. The zero-order valence-electron chi connectivity index (χ0n) is 22.6. The molecule has 0 aliphatic carbocycles. The number of nitrogens with two attached hydrogens (primary N) is 1. The Bertz CT molecular complexity index is 1940. The minimum absolute atomic E-state index is 0.133. The fraction of sp³-hybridized carbons (Fsp3) is 0.133. The van der Waals surface area contributed by atoms with Gasteiger partial charge in [-0.2, -0.15) is 4.98 Å². The van der Waals surface area contributed by atoms with Gasteiger partial charge in [-0.1, -0.05) is 30.3 Å². The standard InChI is InChI=1S/C30H26N8O2S/c1-17(35-27-22(15-34-30(31)37-27)24-16-33-18(2)41-24)28-36-23-11-7-10-21(19-12-13-32-25(14-19)40-3)26(23)29(39)38(28)20-8-5-4-6-9-20/h4-17H,1-3H3,(H3,31,34,35,37). The van der Waals surface area contributed by atoms with Crippen LogP contribution < -0.4 is 21.3 Å². The highest BCUT2D eigenvalue weighted by Gasteiger charge is 2.22. The molecule has 4 aromatic heterocycles. The van der Waals surface area contributed by atoms with E-state index in [9.17, 15) is 4.79 Å². The number of hydrogen-bond donors (Lipinski definition) is 2. The Morgan fingerprint density at radius 2 is 1.80 bits per heavy atom. The van der Waals surface area contributed by atoms with Crippen LogP contribution >= 0.6 is 11.3 Å². The van der Waals surface area contributed by atoms with Crippen LogP contribution in [0.2, 0.25) is 0 Å². The first-order valence-electron chi connectivity index (χ1n) is 12.9. The first-order valence-corrected chi connectivity index (χ1v) is 13.7. The molecule has 0 aliphatic rings. The van der Waals surface area contributed by atoms with Gasteiger partial charge in [0.25, 0.3) is 5.56 Å². The number of aryl methyl sites for hydroxylation is 1. The Kier molecular flexibility index (Phi) is 6.86. The second kappa shape index (κ2) is 10.8. The van der Waals surface area contributed by atoms with Crippen LogP contribution in [-0.2, 0) is 0 Å². The van der Waals surface area contributed by atoms with Gasteiger partial charge in [-0.05, 0) is 49.2 Å². The number of hydrogen-bond acceptors (Lipinski definition) is 10. The van der Waals surface area contributed by atoms with Gasteiger partial charge >= 0.3 is 0 Å². The number of anilines is 2. The number of nitrogen functional groups attached to an aromatic ring is 1. The molecule has 0 saturated heterocycles.